The number of aliphatic imine (C=N–C) groups is 1. The number of rotatable bonds is 8. The van der Waals surface area contributed by atoms with Gasteiger partial charge in [-0.05, 0) is 117 Å². The highest BCUT2D eigenvalue weighted by Crippen LogP contribution is 2.82. The van der Waals surface area contributed by atoms with Gasteiger partial charge in [-0.2, -0.15) is 0 Å². The fourth-order valence-corrected chi connectivity index (χ4v) is 18.2. The largest absolute Gasteiger partial charge is 0.292 e. The molecule has 3 bridgehead atoms. The first-order valence-electron chi connectivity index (χ1n) is 15.2. The molecule has 3 fully saturated rings. The first-order chi connectivity index (χ1) is 18.1. The number of nitrogens with zero attached hydrogens (tertiary/aromatic N) is 1. The van der Waals surface area contributed by atoms with Crippen molar-refractivity contribution in [2.24, 2.45) is 34.1 Å². The Morgan fingerprint density at radius 2 is 1.64 bits per heavy atom. The molecule has 0 aromatic heterocycles. The highest BCUT2D eigenvalue weighted by molar-refractivity contribution is 7.70. The molecule has 0 saturated heterocycles. The van der Waals surface area contributed by atoms with E-state index in [-0.39, 0.29) is 13.7 Å². The second-order valence-electron chi connectivity index (χ2n) is 15.0. The Morgan fingerprint density at radius 3 is 2.13 bits per heavy atom. The first kappa shape index (κ1) is 30.9. The predicted octanol–water partition coefficient (Wildman–Crippen LogP) is 10.6. The van der Waals surface area contributed by atoms with Crippen LogP contribution in [0.5, 0.6) is 0 Å². The van der Waals surface area contributed by atoms with Crippen molar-refractivity contribution >= 4 is 27.9 Å². The number of hydrogen-bond donors (Lipinski definition) is 0. The molecule has 3 aliphatic carbocycles. The molecule has 214 valence electrons. The van der Waals surface area contributed by atoms with Crippen molar-refractivity contribution in [2.45, 2.75) is 117 Å². The van der Waals surface area contributed by atoms with Gasteiger partial charge in [0.1, 0.15) is 0 Å². The quantitative estimate of drug-likeness (QED) is 0.169. The molecule has 8 unspecified atom stereocenters. The average molecular weight is 564 g/mol. The fraction of sp³-hybridized carbons (Fsp3) is 0.639. The lowest BCUT2D eigenvalue weighted by molar-refractivity contribution is 0.151. The van der Waals surface area contributed by atoms with Crippen LogP contribution in [0.25, 0.3) is 0 Å². The summed E-state index contributed by atoms with van der Waals surface area (Å²) < 4.78 is 0. The minimum Gasteiger partial charge on any atom is -0.292 e. The second-order valence-corrected chi connectivity index (χ2v) is 21.4. The van der Waals surface area contributed by atoms with Gasteiger partial charge < -0.3 is 0 Å². The number of hydrogen-bond acceptors (Lipinski definition) is 1. The summed E-state index contributed by atoms with van der Waals surface area (Å²) in [6.45, 7) is 35.1. The molecule has 3 saturated carbocycles. The molecule has 0 amide bonds. The summed E-state index contributed by atoms with van der Waals surface area (Å²) in [5, 5.41) is 3.58. The molecule has 0 N–H and O–H groups in total. The van der Waals surface area contributed by atoms with Crippen LogP contribution >= 0.6 is 15.8 Å². The van der Waals surface area contributed by atoms with Gasteiger partial charge in [-0.15, -0.1) is 0 Å². The lowest BCUT2D eigenvalue weighted by Gasteiger charge is -2.53. The van der Waals surface area contributed by atoms with Gasteiger partial charge in [-0.3, -0.25) is 4.99 Å². The highest BCUT2D eigenvalue weighted by Gasteiger charge is 2.71. The Bertz CT molecular complexity index is 1130. The zero-order chi connectivity index (χ0) is 29.1. The van der Waals surface area contributed by atoms with E-state index in [4.69, 9.17) is 4.99 Å². The Balaban J connectivity index is 1.90. The molecule has 1 aromatic rings. The van der Waals surface area contributed by atoms with E-state index in [1.807, 2.05) is 6.08 Å². The van der Waals surface area contributed by atoms with E-state index < -0.39 is 7.92 Å². The predicted molar refractivity (Wildman–Crippen MR) is 180 cm³/mol. The lowest BCUT2D eigenvalue weighted by Crippen LogP contribution is -2.45. The van der Waals surface area contributed by atoms with E-state index in [1.165, 1.54) is 46.6 Å². The molecule has 3 heteroatoms. The van der Waals surface area contributed by atoms with Gasteiger partial charge in [0.05, 0.1) is 5.78 Å². The highest BCUT2D eigenvalue weighted by atomic mass is 31.1. The molecule has 1 aromatic carbocycles. The summed E-state index contributed by atoms with van der Waals surface area (Å²) in [7, 11) is -0.877. The minimum absolute atomic E-state index is 0.176. The van der Waals surface area contributed by atoms with Gasteiger partial charge in [0.15, 0.2) is 0 Å². The fourth-order valence-electron chi connectivity index (χ4n) is 9.64. The van der Waals surface area contributed by atoms with Crippen LogP contribution in [0, 0.1) is 42.9 Å². The molecule has 0 radical (unpaired) electrons. The molecule has 39 heavy (non-hydrogen) atoms. The van der Waals surface area contributed by atoms with Crippen LogP contribution in [0.3, 0.4) is 0 Å². The van der Waals surface area contributed by atoms with Gasteiger partial charge in [0, 0.05) is 0 Å². The van der Waals surface area contributed by atoms with Crippen LogP contribution in [-0.4, -0.2) is 28.5 Å². The molecule has 0 aliphatic heterocycles. The summed E-state index contributed by atoms with van der Waals surface area (Å²) in [6, 6.07) is 7.20. The van der Waals surface area contributed by atoms with Gasteiger partial charge in [-0.1, -0.05) is 116 Å². The maximum Gasteiger partial charge on any atom is 0.0804 e. The van der Waals surface area contributed by atoms with Crippen LogP contribution in [0.4, 0.5) is 0 Å². The van der Waals surface area contributed by atoms with Crippen molar-refractivity contribution in [3.63, 3.8) is 0 Å². The van der Waals surface area contributed by atoms with E-state index in [9.17, 15) is 0 Å². The van der Waals surface area contributed by atoms with E-state index >= 15 is 0 Å². The molecule has 1 spiro atoms. The van der Waals surface area contributed by atoms with Crippen molar-refractivity contribution in [2.75, 3.05) is 0 Å². The Kier molecular flexibility index (Phi) is 8.71. The summed E-state index contributed by atoms with van der Waals surface area (Å²) in [5.41, 5.74) is 5.15. The summed E-state index contributed by atoms with van der Waals surface area (Å²) in [6.07, 6.45) is 11.0. The summed E-state index contributed by atoms with van der Waals surface area (Å²) >= 11 is 0. The number of allylic oxidation sites excluding steroid dienone is 5. The maximum absolute atomic E-state index is 5.20. The molecule has 0 heterocycles. The minimum atomic E-state index is -0.701. The zero-order valence-corrected chi connectivity index (χ0v) is 28.6. The van der Waals surface area contributed by atoms with Crippen LogP contribution < -0.4 is 5.30 Å². The van der Waals surface area contributed by atoms with E-state index in [2.05, 4.69) is 120 Å². The van der Waals surface area contributed by atoms with Crippen LogP contribution in [0.15, 0.2) is 58.9 Å². The monoisotopic (exact) mass is 563 g/mol. The molecule has 4 rings (SSSR count). The molecule has 1 nitrogen and oxygen atoms in total. The molecule has 3 aliphatic rings. The van der Waals surface area contributed by atoms with E-state index in [1.54, 1.807) is 0 Å². The van der Waals surface area contributed by atoms with E-state index in [0.717, 1.165) is 17.5 Å². The normalized spacial score (nSPS) is 32.6. The maximum atomic E-state index is 5.20. The molecule has 8 atom stereocenters. The van der Waals surface area contributed by atoms with Gasteiger partial charge in [0.25, 0.3) is 0 Å². The molecular formula is C36H55NP2. The second kappa shape index (κ2) is 11.0. The van der Waals surface area contributed by atoms with Gasteiger partial charge in [-0.25, -0.2) is 0 Å². The third-order valence-electron chi connectivity index (χ3n) is 10.2. The summed E-state index contributed by atoms with van der Waals surface area (Å²) in [5.74, 6) is 3.32. The Labute approximate surface area is 243 Å². The SMILES string of the molecule is C=CC(C)=CC(=CC)P(c1cc(C)cc(C)c1)C(N=C)C1C(C)C2CC13CC2CC3P(C(C)(C)C)C(C)(C)C. The zero-order valence-electron chi connectivity index (χ0n) is 26.8. The topological polar surface area (TPSA) is 12.4 Å². The van der Waals surface area contributed by atoms with Crippen LogP contribution in [-0.2, 0) is 0 Å². The van der Waals surface area contributed by atoms with Crippen molar-refractivity contribution in [1.29, 1.82) is 0 Å². The van der Waals surface area contributed by atoms with Crippen molar-refractivity contribution in [3.05, 3.63) is 65.0 Å². The standard InChI is InChI=1S/C36H55NP2/c1-14-23(3)17-28(15-2)38(29-18-24(4)16-25(5)19-29)33(37-13)32-26(6)30-22-36(32)21-27(30)20-31(36)39(34(7,8)9)35(10,11)12/h14-19,26-27,30-33H,1,13,20-22H2,2-12H3. The number of fused-ring (bicyclic) bond motifs is 3. The Morgan fingerprint density at radius 1 is 1.05 bits per heavy atom. The third kappa shape index (κ3) is 5.46. The van der Waals surface area contributed by atoms with Gasteiger partial charge in [0.2, 0.25) is 0 Å². The van der Waals surface area contributed by atoms with Crippen LogP contribution in [0.2, 0.25) is 0 Å². The first-order valence-corrected chi connectivity index (χ1v) is 18.0. The lowest BCUT2D eigenvalue weighted by atomic mass is 9.71. The number of aryl methyl sites for hydroxylation is 2. The average Bonchev–Trinajstić information content (AvgIpc) is 3.43. The third-order valence-corrected chi connectivity index (χ3v) is 17.3. The van der Waals surface area contributed by atoms with E-state index in [0.29, 0.717) is 27.6 Å². The van der Waals surface area contributed by atoms with Crippen molar-refractivity contribution in [3.8, 4) is 0 Å². The van der Waals surface area contributed by atoms with Crippen LogP contribution in [0.1, 0.15) is 92.7 Å². The number of benzene rings is 1. The summed E-state index contributed by atoms with van der Waals surface area (Å²) in [4.78, 5) is 5.20. The van der Waals surface area contributed by atoms with Crippen molar-refractivity contribution in [1.82, 2.24) is 0 Å². The van der Waals surface area contributed by atoms with Crippen molar-refractivity contribution < 1.29 is 0 Å². The van der Waals surface area contributed by atoms with Gasteiger partial charge >= 0.3 is 0 Å². The smallest absolute Gasteiger partial charge is 0.0804 e. The molecular weight excluding hydrogens is 508 g/mol. The Hall–Kier alpha value is -1.03.